The number of alkyl halides is 2. The minimum absolute atomic E-state index is 0.370. The highest BCUT2D eigenvalue weighted by Crippen LogP contribution is 2.26. The number of hydrogen-bond donors (Lipinski definition) is 2. The van der Waals surface area contributed by atoms with Crippen LogP contribution in [0.15, 0.2) is 24.3 Å². The lowest BCUT2D eigenvalue weighted by molar-refractivity contribution is -0.124. The van der Waals surface area contributed by atoms with Crippen LogP contribution in [0.2, 0.25) is 0 Å². The first-order valence-corrected chi connectivity index (χ1v) is 6.17. The Kier molecular flexibility index (Phi) is 6.17. The average molecular weight is 288 g/mol. The van der Waals surface area contributed by atoms with E-state index in [0.717, 1.165) is 0 Å². The van der Waals surface area contributed by atoms with Gasteiger partial charge in [0.25, 0.3) is 11.8 Å². The van der Waals surface area contributed by atoms with Crippen molar-refractivity contribution in [2.45, 2.75) is 12.8 Å². The van der Waals surface area contributed by atoms with E-state index in [1.165, 1.54) is 0 Å². The highest BCUT2D eigenvalue weighted by atomic mass is 19.3. The molecular formula is C13H18F2N2O3. The number of para-hydroxylation sites is 2. The Hall–Kier alpha value is -1.89. The molecule has 20 heavy (non-hydrogen) atoms. The van der Waals surface area contributed by atoms with Gasteiger partial charge in [0.05, 0.1) is 19.7 Å². The summed E-state index contributed by atoms with van der Waals surface area (Å²) in [5.74, 6) is -2.88. The van der Waals surface area contributed by atoms with Crippen LogP contribution in [0.25, 0.3) is 0 Å². The van der Waals surface area contributed by atoms with Crippen molar-refractivity contribution in [1.29, 1.82) is 0 Å². The van der Waals surface area contributed by atoms with Crippen LogP contribution in [0.4, 0.5) is 8.78 Å². The third-order valence-corrected chi connectivity index (χ3v) is 2.35. The van der Waals surface area contributed by atoms with Gasteiger partial charge in [-0.05, 0) is 19.1 Å². The molecule has 1 aromatic rings. The van der Waals surface area contributed by atoms with Gasteiger partial charge >= 0.3 is 0 Å². The summed E-state index contributed by atoms with van der Waals surface area (Å²) >= 11 is 0. The molecule has 1 amide bonds. The Morgan fingerprint density at radius 1 is 1.30 bits per heavy atom. The second-order valence-electron chi connectivity index (χ2n) is 4.01. The first-order valence-electron chi connectivity index (χ1n) is 6.17. The zero-order valence-corrected chi connectivity index (χ0v) is 11.2. The molecule has 0 saturated heterocycles. The van der Waals surface area contributed by atoms with Gasteiger partial charge < -0.3 is 20.5 Å². The molecule has 0 saturated carbocycles. The molecule has 0 radical (unpaired) electrons. The zero-order valence-electron chi connectivity index (χ0n) is 11.2. The van der Waals surface area contributed by atoms with Crippen molar-refractivity contribution >= 4 is 5.91 Å². The van der Waals surface area contributed by atoms with Crippen molar-refractivity contribution in [2.24, 2.45) is 5.73 Å². The lowest BCUT2D eigenvalue weighted by atomic mass is 10.3. The van der Waals surface area contributed by atoms with E-state index in [0.29, 0.717) is 18.1 Å². The number of carbonyl (C=O) groups is 1. The standard InChI is InChI=1S/C13H18F2N2O3/c1-2-19-10-5-3-4-6-11(10)20-7-12(18)17-9-13(14,15)8-16/h3-6H,2,7-9,16H2,1H3,(H,17,18). The Labute approximate surface area is 116 Å². The number of nitrogens with one attached hydrogen (secondary N) is 1. The van der Waals surface area contributed by atoms with Crippen molar-refractivity contribution in [3.63, 3.8) is 0 Å². The van der Waals surface area contributed by atoms with Crippen LogP contribution in [0, 0.1) is 0 Å². The van der Waals surface area contributed by atoms with E-state index in [9.17, 15) is 13.6 Å². The number of halogens is 2. The third-order valence-electron chi connectivity index (χ3n) is 2.35. The molecule has 5 nitrogen and oxygen atoms in total. The monoisotopic (exact) mass is 288 g/mol. The van der Waals surface area contributed by atoms with Gasteiger partial charge in [0.2, 0.25) is 0 Å². The fourth-order valence-corrected chi connectivity index (χ4v) is 1.34. The summed E-state index contributed by atoms with van der Waals surface area (Å²) in [7, 11) is 0. The normalized spacial score (nSPS) is 11.0. The first kappa shape index (κ1) is 16.2. The molecule has 0 atom stereocenters. The Balaban J connectivity index is 2.45. The van der Waals surface area contributed by atoms with Crippen molar-refractivity contribution in [2.75, 3.05) is 26.3 Å². The van der Waals surface area contributed by atoms with Crippen molar-refractivity contribution in [1.82, 2.24) is 5.32 Å². The van der Waals surface area contributed by atoms with Crippen LogP contribution in [0.5, 0.6) is 11.5 Å². The second kappa shape index (κ2) is 7.64. The molecule has 0 aliphatic heterocycles. The maximum Gasteiger partial charge on any atom is 0.277 e. The summed E-state index contributed by atoms with van der Waals surface area (Å²) in [6.07, 6.45) is 0. The molecule has 0 spiro atoms. The number of carbonyl (C=O) groups excluding carboxylic acids is 1. The van der Waals surface area contributed by atoms with Gasteiger partial charge in [-0.3, -0.25) is 4.79 Å². The van der Waals surface area contributed by atoms with Gasteiger partial charge in [0.1, 0.15) is 0 Å². The molecule has 3 N–H and O–H groups in total. The van der Waals surface area contributed by atoms with Gasteiger partial charge in [-0.1, -0.05) is 12.1 Å². The van der Waals surface area contributed by atoms with E-state index >= 15 is 0 Å². The molecule has 112 valence electrons. The maximum absolute atomic E-state index is 12.8. The zero-order chi connectivity index (χ0) is 15.0. The predicted molar refractivity (Wildman–Crippen MR) is 70.1 cm³/mol. The highest BCUT2D eigenvalue weighted by Gasteiger charge is 2.27. The summed E-state index contributed by atoms with van der Waals surface area (Å²) in [6, 6.07) is 6.81. The number of hydrogen-bond acceptors (Lipinski definition) is 4. The van der Waals surface area contributed by atoms with E-state index in [4.69, 9.17) is 15.2 Å². The number of rotatable bonds is 8. The molecule has 1 rings (SSSR count). The van der Waals surface area contributed by atoms with Crippen LogP contribution in [0.1, 0.15) is 6.92 Å². The third kappa shape index (κ3) is 5.40. The average Bonchev–Trinajstić information content (AvgIpc) is 2.44. The Bertz CT molecular complexity index is 441. The molecule has 0 bridgehead atoms. The fourth-order valence-electron chi connectivity index (χ4n) is 1.34. The maximum atomic E-state index is 12.8. The number of ether oxygens (including phenoxy) is 2. The highest BCUT2D eigenvalue weighted by molar-refractivity contribution is 5.77. The largest absolute Gasteiger partial charge is 0.490 e. The van der Waals surface area contributed by atoms with Crippen LogP contribution in [-0.4, -0.2) is 38.1 Å². The molecular weight excluding hydrogens is 270 g/mol. The Morgan fingerprint density at radius 2 is 1.90 bits per heavy atom. The quantitative estimate of drug-likeness (QED) is 0.753. The van der Waals surface area contributed by atoms with Gasteiger partial charge in [0, 0.05) is 0 Å². The molecule has 0 aromatic heterocycles. The molecule has 0 fully saturated rings. The van der Waals surface area contributed by atoms with E-state index < -0.39 is 24.9 Å². The second-order valence-corrected chi connectivity index (χ2v) is 4.01. The fraction of sp³-hybridized carbons (Fsp3) is 0.462. The predicted octanol–water partition coefficient (Wildman–Crippen LogP) is 1.17. The van der Waals surface area contributed by atoms with Crippen molar-refractivity contribution in [3.05, 3.63) is 24.3 Å². The summed E-state index contributed by atoms with van der Waals surface area (Å²) in [4.78, 5) is 11.4. The molecule has 0 aliphatic rings. The molecule has 0 heterocycles. The summed E-state index contributed by atoms with van der Waals surface area (Å²) in [6.45, 7) is 0.276. The van der Waals surface area contributed by atoms with Crippen LogP contribution < -0.4 is 20.5 Å². The first-order chi connectivity index (χ1) is 9.48. The van der Waals surface area contributed by atoms with E-state index in [2.05, 4.69) is 5.32 Å². The lowest BCUT2D eigenvalue weighted by Gasteiger charge is -2.15. The molecule has 0 aliphatic carbocycles. The summed E-state index contributed by atoms with van der Waals surface area (Å²) < 4.78 is 36.2. The molecule has 1 aromatic carbocycles. The minimum Gasteiger partial charge on any atom is -0.490 e. The number of benzene rings is 1. The minimum atomic E-state index is -3.11. The van der Waals surface area contributed by atoms with Gasteiger partial charge in [0.15, 0.2) is 18.1 Å². The lowest BCUT2D eigenvalue weighted by Crippen LogP contribution is -2.43. The van der Waals surface area contributed by atoms with Gasteiger partial charge in [-0.2, -0.15) is 0 Å². The SMILES string of the molecule is CCOc1ccccc1OCC(=O)NCC(F)(F)CN. The van der Waals surface area contributed by atoms with E-state index in [1.807, 2.05) is 6.92 Å². The van der Waals surface area contributed by atoms with Gasteiger partial charge in [-0.15, -0.1) is 0 Å². The Morgan fingerprint density at radius 3 is 2.45 bits per heavy atom. The summed E-state index contributed by atoms with van der Waals surface area (Å²) in [5.41, 5.74) is 4.86. The topological polar surface area (TPSA) is 73.6 Å². The van der Waals surface area contributed by atoms with Crippen molar-refractivity contribution in [3.8, 4) is 11.5 Å². The van der Waals surface area contributed by atoms with Crippen LogP contribution in [0.3, 0.4) is 0 Å². The van der Waals surface area contributed by atoms with E-state index in [-0.39, 0.29) is 6.61 Å². The van der Waals surface area contributed by atoms with Gasteiger partial charge in [-0.25, -0.2) is 8.78 Å². The van der Waals surface area contributed by atoms with Crippen LogP contribution >= 0.6 is 0 Å². The molecule has 7 heteroatoms. The molecule has 0 unspecified atom stereocenters. The van der Waals surface area contributed by atoms with Crippen LogP contribution in [-0.2, 0) is 4.79 Å². The van der Waals surface area contributed by atoms with E-state index in [1.54, 1.807) is 24.3 Å². The number of nitrogens with two attached hydrogens (primary N) is 1. The summed E-state index contributed by atoms with van der Waals surface area (Å²) in [5, 5.41) is 2.06. The number of amides is 1. The smallest absolute Gasteiger partial charge is 0.277 e. The van der Waals surface area contributed by atoms with Crippen molar-refractivity contribution < 1.29 is 23.0 Å².